The van der Waals surface area contributed by atoms with E-state index in [1.165, 1.54) is 0 Å². The molecule has 0 unspecified atom stereocenters. The predicted octanol–water partition coefficient (Wildman–Crippen LogP) is 2.15. The van der Waals surface area contributed by atoms with Gasteiger partial charge in [-0.2, -0.15) is 0 Å². The number of halogens is 1. The molecule has 1 aliphatic heterocycles. The van der Waals surface area contributed by atoms with Gasteiger partial charge in [0.05, 0.1) is 6.54 Å². The third kappa shape index (κ3) is 1.68. The van der Waals surface area contributed by atoms with Crippen molar-refractivity contribution in [3.05, 3.63) is 28.8 Å². The van der Waals surface area contributed by atoms with Gasteiger partial charge < -0.3 is 9.64 Å². The maximum absolute atomic E-state index is 5.86. The summed E-state index contributed by atoms with van der Waals surface area (Å²) in [5, 5.41) is 0.718. The van der Waals surface area contributed by atoms with Gasteiger partial charge in [0.1, 0.15) is 5.75 Å². The van der Waals surface area contributed by atoms with Gasteiger partial charge in [-0.15, -0.1) is 0 Å². The molecular weight excluding hydrogens is 200 g/mol. The van der Waals surface area contributed by atoms with E-state index in [0.29, 0.717) is 12.6 Å². The second kappa shape index (κ2) is 3.50. The van der Waals surface area contributed by atoms with E-state index in [4.69, 9.17) is 16.3 Å². The maximum atomic E-state index is 5.86. The molecule has 14 heavy (non-hydrogen) atoms. The summed E-state index contributed by atoms with van der Waals surface area (Å²) in [6, 6.07) is 6.21. The molecule has 74 valence electrons. The molecule has 0 bridgehead atoms. The Balaban J connectivity index is 2.30. The van der Waals surface area contributed by atoms with Crippen molar-refractivity contribution in [1.29, 1.82) is 0 Å². The van der Waals surface area contributed by atoms with Crippen LogP contribution in [0.2, 0.25) is 5.02 Å². The van der Waals surface area contributed by atoms with Gasteiger partial charge >= 0.3 is 0 Å². The molecule has 1 aromatic carbocycles. The van der Waals surface area contributed by atoms with E-state index in [0.717, 1.165) is 16.3 Å². The van der Waals surface area contributed by atoms with Crippen molar-refractivity contribution in [2.75, 3.05) is 14.1 Å². The number of hydrogen-bond acceptors (Lipinski definition) is 3. The monoisotopic (exact) mass is 210 g/mol. The number of ether oxygens (including phenoxy) is 1. The molecule has 0 aromatic heterocycles. The third-order valence-corrected chi connectivity index (χ3v) is 2.23. The van der Waals surface area contributed by atoms with Crippen LogP contribution < -0.4 is 4.74 Å². The smallest absolute Gasteiger partial charge is 0.292 e. The molecule has 4 heteroatoms. The highest BCUT2D eigenvalue weighted by molar-refractivity contribution is 6.30. The summed E-state index contributed by atoms with van der Waals surface area (Å²) in [6.45, 7) is 0.628. The molecule has 3 nitrogen and oxygen atoms in total. The normalized spacial score (nSPS) is 14.1. The van der Waals surface area contributed by atoms with Crippen molar-refractivity contribution in [2.45, 2.75) is 6.54 Å². The summed E-state index contributed by atoms with van der Waals surface area (Å²) in [7, 11) is 3.81. The highest BCUT2D eigenvalue weighted by Gasteiger charge is 2.14. The molecule has 1 aromatic rings. The van der Waals surface area contributed by atoms with E-state index < -0.39 is 0 Å². The molecule has 0 spiro atoms. The molecule has 0 saturated heterocycles. The molecule has 0 amide bonds. The van der Waals surface area contributed by atoms with E-state index in [1.807, 2.05) is 37.2 Å². The topological polar surface area (TPSA) is 24.8 Å². The van der Waals surface area contributed by atoms with Gasteiger partial charge in [0, 0.05) is 24.7 Å². The minimum absolute atomic E-state index is 0.628. The van der Waals surface area contributed by atoms with E-state index in [-0.39, 0.29) is 0 Å². The molecule has 0 aliphatic carbocycles. The van der Waals surface area contributed by atoms with Gasteiger partial charge in [-0.3, -0.25) is 0 Å². The quantitative estimate of drug-likeness (QED) is 0.656. The van der Waals surface area contributed by atoms with Crippen LogP contribution in [0.1, 0.15) is 5.56 Å². The molecule has 0 N–H and O–H groups in total. The zero-order chi connectivity index (χ0) is 10.1. The van der Waals surface area contributed by atoms with Gasteiger partial charge in [0.2, 0.25) is 0 Å². The first-order valence-electron chi connectivity index (χ1n) is 4.35. The van der Waals surface area contributed by atoms with Crippen molar-refractivity contribution >= 4 is 17.6 Å². The summed E-state index contributed by atoms with van der Waals surface area (Å²) in [5.74, 6) is 0.841. The Morgan fingerprint density at radius 3 is 2.93 bits per heavy atom. The lowest BCUT2D eigenvalue weighted by Crippen LogP contribution is -2.29. The van der Waals surface area contributed by atoms with Crippen molar-refractivity contribution in [3.8, 4) is 5.75 Å². The number of fused-ring (bicyclic) bond motifs is 1. The summed E-state index contributed by atoms with van der Waals surface area (Å²) in [5.41, 5.74) is 1.03. The number of nitrogens with zero attached hydrogens (tertiary/aromatic N) is 2. The average Bonchev–Trinajstić information content (AvgIpc) is 2.16. The number of aliphatic imine (C=N–C) groups is 1. The van der Waals surface area contributed by atoms with E-state index in [2.05, 4.69) is 4.99 Å². The summed E-state index contributed by atoms with van der Waals surface area (Å²) >= 11 is 5.86. The Bertz CT molecular complexity index is 388. The molecule has 0 fully saturated rings. The molecule has 0 radical (unpaired) electrons. The predicted molar refractivity (Wildman–Crippen MR) is 56.9 cm³/mol. The van der Waals surface area contributed by atoms with Crippen LogP contribution in [0.4, 0.5) is 0 Å². The minimum atomic E-state index is 0.628. The Morgan fingerprint density at radius 1 is 1.43 bits per heavy atom. The Hall–Kier alpha value is -1.22. The number of rotatable bonds is 0. The van der Waals surface area contributed by atoms with Crippen LogP contribution in [0.3, 0.4) is 0 Å². The Morgan fingerprint density at radius 2 is 2.21 bits per heavy atom. The van der Waals surface area contributed by atoms with Gasteiger partial charge in [0.25, 0.3) is 6.02 Å². The lowest BCUT2D eigenvalue weighted by atomic mass is 10.2. The number of benzene rings is 1. The fourth-order valence-corrected chi connectivity index (χ4v) is 1.48. The van der Waals surface area contributed by atoms with Gasteiger partial charge in [0.15, 0.2) is 0 Å². The van der Waals surface area contributed by atoms with Crippen molar-refractivity contribution in [1.82, 2.24) is 4.90 Å². The highest BCUT2D eigenvalue weighted by atomic mass is 35.5. The minimum Gasteiger partial charge on any atom is -0.426 e. The van der Waals surface area contributed by atoms with Crippen LogP contribution >= 0.6 is 11.6 Å². The average molecular weight is 211 g/mol. The summed E-state index contributed by atoms with van der Waals surface area (Å²) in [4.78, 5) is 6.12. The maximum Gasteiger partial charge on any atom is 0.292 e. The fourth-order valence-electron chi connectivity index (χ4n) is 1.29. The Labute approximate surface area is 88.0 Å². The second-order valence-corrected chi connectivity index (χ2v) is 3.78. The van der Waals surface area contributed by atoms with Crippen LogP contribution in [0.25, 0.3) is 0 Å². The molecule has 1 aliphatic rings. The zero-order valence-corrected chi connectivity index (χ0v) is 8.88. The van der Waals surface area contributed by atoms with Crippen LogP contribution in [0, 0.1) is 0 Å². The number of amidine groups is 1. The van der Waals surface area contributed by atoms with E-state index >= 15 is 0 Å². The molecular formula is C10H11ClN2O. The lowest BCUT2D eigenvalue weighted by molar-refractivity contribution is 0.413. The Kier molecular flexibility index (Phi) is 2.33. The number of hydrogen-bond donors (Lipinski definition) is 0. The fraction of sp³-hybridized carbons (Fsp3) is 0.300. The van der Waals surface area contributed by atoms with E-state index in [1.54, 1.807) is 0 Å². The van der Waals surface area contributed by atoms with Crippen molar-refractivity contribution in [3.63, 3.8) is 0 Å². The zero-order valence-electron chi connectivity index (χ0n) is 8.12. The van der Waals surface area contributed by atoms with E-state index in [9.17, 15) is 0 Å². The lowest BCUT2D eigenvalue weighted by Gasteiger charge is -2.21. The second-order valence-electron chi connectivity index (χ2n) is 3.35. The largest absolute Gasteiger partial charge is 0.426 e. The van der Waals surface area contributed by atoms with Crippen molar-refractivity contribution < 1.29 is 4.74 Å². The van der Waals surface area contributed by atoms with Gasteiger partial charge in [-0.1, -0.05) is 11.6 Å². The molecule has 2 rings (SSSR count). The standard InChI is InChI=1S/C10H11ClN2O/c1-13(2)10-12-6-7-5-8(11)3-4-9(7)14-10/h3-5H,6H2,1-2H3. The van der Waals surface area contributed by atoms with Crippen LogP contribution in [-0.2, 0) is 6.54 Å². The molecule has 1 heterocycles. The summed E-state index contributed by atoms with van der Waals surface area (Å²) < 4.78 is 5.57. The van der Waals surface area contributed by atoms with Crippen LogP contribution in [-0.4, -0.2) is 25.0 Å². The first-order chi connectivity index (χ1) is 6.66. The van der Waals surface area contributed by atoms with Gasteiger partial charge in [-0.05, 0) is 18.2 Å². The summed E-state index contributed by atoms with van der Waals surface area (Å²) in [6.07, 6.45) is 0. The highest BCUT2D eigenvalue weighted by Crippen LogP contribution is 2.26. The first-order valence-corrected chi connectivity index (χ1v) is 4.72. The molecule has 0 atom stereocenters. The van der Waals surface area contributed by atoms with Crippen LogP contribution in [0.15, 0.2) is 23.2 Å². The first kappa shape index (κ1) is 9.34. The van der Waals surface area contributed by atoms with Crippen LogP contribution in [0.5, 0.6) is 5.75 Å². The van der Waals surface area contributed by atoms with Crippen molar-refractivity contribution in [2.24, 2.45) is 4.99 Å². The third-order valence-electron chi connectivity index (χ3n) is 1.99. The SMILES string of the molecule is CN(C)C1=NCc2cc(Cl)ccc2O1. The molecule has 0 saturated carbocycles. The van der Waals surface area contributed by atoms with Gasteiger partial charge in [-0.25, -0.2) is 4.99 Å².